The van der Waals surface area contributed by atoms with Crippen molar-refractivity contribution in [2.24, 2.45) is 0 Å². The van der Waals surface area contributed by atoms with E-state index in [0.717, 1.165) is 0 Å². The van der Waals surface area contributed by atoms with Gasteiger partial charge in [-0.3, -0.25) is 10.1 Å². The number of anilines is 1. The molecule has 1 aromatic carbocycles. The molecule has 0 aliphatic heterocycles. The van der Waals surface area contributed by atoms with E-state index in [1.54, 1.807) is 6.07 Å². The second-order valence-corrected chi connectivity index (χ2v) is 4.29. The van der Waals surface area contributed by atoms with Gasteiger partial charge in [-0.2, -0.15) is 0 Å². The van der Waals surface area contributed by atoms with E-state index < -0.39 is 11.9 Å². The summed E-state index contributed by atoms with van der Waals surface area (Å²) in [4.78, 5) is 22.4. The fourth-order valence-electron chi connectivity index (χ4n) is 1.02. The maximum Gasteiger partial charge on any atom is 0.325 e. The van der Waals surface area contributed by atoms with Crippen LogP contribution in [0.4, 0.5) is 10.5 Å². The van der Waals surface area contributed by atoms with Gasteiger partial charge in [0.05, 0.1) is 10.7 Å². The molecule has 0 saturated carbocycles. The van der Waals surface area contributed by atoms with E-state index in [2.05, 4.69) is 10.6 Å². The summed E-state index contributed by atoms with van der Waals surface area (Å²) in [5.74, 6) is -0.302. The maximum atomic E-state index is 11.4. The predicted octanol–water partition coefficient (Wildman–Crippen LogP) is 3.27. The fourth-order valence-corrected chi connectivity index (χ4v) is 1.65. The van der Waals surface area contributed by atoms with Gasteiger partial charge in [0, 0.05) is 17.3 Å². The number of benzene rings is 1. The second-order valence-electron chi connectivity index (χ2n) is 3.07. The van der Waals surface area contributed by atoms with E-state index in [9.17, 15) is 9.59 Å². The van der Waals surface area contributed by atoms with Crippen LogP contribution < -0.4 is 10.6 Å². The summed E-state index contributed by atoms with van der Waals surface area (Å²) in [6, 6.07) is 3.93. The van der Waals surface area contributed by atoms with Crippen LogP contribution in [0.1, 0.15) is 6.42 Å². The van der Waals surface area contributed by atoms with Gasteiger partial charge in [0.2, 0.25) is 5.91 Å². The molecule has 0 bridgehead atoms. The molecule has 0 aliphatic rings. The molecular formula is C10H9Cl3N2O2. The zero-order valence-electron chi connectivity index (χ0n) is 8.60. The first-order valence-electron chi connectivity index (χ1n) is 4.65. The van der Waals surface area contributed by atoms with Crippen LogP contribution >= 0.6 is 34.8 Å². The SMILES string of the molecule is O=C(CCCl)NC(=O)Nc1ccc(Cl)cc1Cl. The Balaban J connectivity index is 2.59. The highest BCUT2D eigenvalue weighted by atomic mass is 35.5. The van der Waals surface area contributed by atoms with Gasteiger partial charge in [0.1, 0.15) is 0 Å². The molecule has 0 unspecified atom stereocenters. The molecule has 3 amide bonds. The molecular weight excluding hydrogens is 286 g/mol. The van der Waals surface area contributed by atoms with E-state index in [-0.39, 0.29) is 17.3 Å². The lowest BCUT2D eigenvalue weighted by Crippen LogP contribution is -2.34. The number of halogens is 3. The average molecular weight is 296 g/mol. The first-order chi connectivity index (χ1) is 8.02. The third-order valence-corrected chi connectivity index (χ3v) is 2.49. The minimum Gasteiger partial charge on any atom is -0.306 e. The third kappa shape index (κ3) is 4.81. The Morgan fingerprint density at radius 2 is 1.94 bits per heavy atom. The highest BCUT2D eigenvalue weighted by Crippen LogP contribution is 2.25. The number of amides is 3. The van der Waals surface area contributed by atoms with Crippen LogP contribution in [0.3, 0.4) is 0 Å². The molecule has 7 heteroatoms. The Morgan fingerprint density at radius 3 is 2.53 bits per heavy atom. The molecule has 0 heterocycles. The smallest absolute Gasteiger partial charge is 0.306 e. The molecule has 92 valence electrons. The summed E-state index contributed by atoms with van der Waals surface area (Å²) in [5, 5.41) is 5.28. The van der Waals surface area contributed by atoms with Crippen LogP contribution in [-0.4, -0.2) is 17.8 Å². The molecule has 0 aliphatic carbocycles. The average Bonchev–Trinajstić information content (AvgIpc) is 2.22. The first kappa shape index (κ1) is 14.1. The van der Waals surface area contributed by atoms with Crippen molar-refractivity contribution in [2.75, 3.05) is 11.2 Å². The molecule has 2 N–H and O–H groups in total. The Bertz CT molecular complexity index is 438. The lowest BCUT2D eigenvalue weighted by Gasteiger charge is -2.07. The predicted molar refractivity (Wildman–Crippen MR) is 69.0 cm³/mol. The van der Waals surface area contributed by atoms with Gasteiger partial charge in [0.15, 0.2) is 0 Å². The number of rotatable bonds is 3. The van der Waals surface area contributed by atoms with Gasteiger partial charge >= 0.3 is 6.03 Å². The van der Waals surface area contributed by atoms with Crippen molar-refractivity contribution in [1.82, 2.24) is 5.32 Å². The van der Waals surface area contributed by atoms with Crippen LogP contribution in [0.2, 0.25) is 10.0 Å². The zero-order chi connectivity index (χ0) is 12.8. The Morgan fingerprint density at radius 1 is 1.24 bits per heavy atom. The van der Waals surface area contributed by atoms with Crippen LogP contribution in [0.5, 0.6) is 0 Å². The van der Waals surface area contributed by atoms with Gasteiger partial charge in [-0.05, 0) is 18.2 Å². The minimum absolute atomic E-state index is 0.0727. The highest BCUT2D eigenvalue weighted by Gasteiger charge is 2.09. The number of hydrogen-bond donors (Lipinski definition) is 2. The van der Waals surface area contributed by atoms with Gasteiger partial charge in [-0.25, -0.2) is 4.79 Å². The fraction of sp³-hybridized carbons (Fsp3) is 0.200. The summed E-state index contributed by atoms with van der Waals surface area (Å²) in [6.07, 6.45) is 0.0727. The van der Waals surface area contributed by atoms with E-state index in [0.29, 0.717) is 10.7 Å². The molecule has 1 aromatic rings. The molecule has 17 heavy (non-hydrogen) atoms. The van der Waals surface area contributed by atoms with Crippen LogP contribution in [-0.2, 0) is 4.79 Å². The van der Waals surface area contributed by atoms with E-state index in [1.807, 2.05) is 0 Å². The quantitative estimate of drug-likeness (QED) is 0.841. The molecule has 1 rings (SSSR count). The molecule has 0 atom stereocenters. The normalized spacial score (nSPS) is 9.82. The maximum absolute atomic E-state index is 11.4. The van der Waals surface area contributed by atoms with E-state index in [1.165, 1.54) is 12.1 Å². The molecule has 4 nitrogen and oxygen atoms in total. The van der Waals surface area contributed by atoms with Gasteiger partial charge in [-0.15, -0.1) is 11.6 Å². The molecule has 0 saturated heterocycles. The largest absolute Gasteiger partial charge is 0.325 e. The van der Waals surface area contributed by atoms with Crippen LogP contribution in [0, 0.1) is 0 Å². The van der Waals surface area contributed by atoms with Crippen molar-refractivity contribution >= 4 is 52.4 Å². The summed E-state index contributed by atoms with van der Waals surface area (Å²) < 4.78 is 0. The van der Waals surface area contributed by atoms with E-state index >= 15 is 0 Å². The number of carbonyl (C=O) groups excluding carboxylic acids is 2. The Kier molecular flexibility index (Phi) is 5.55. The number of alkyl halides is 1. The van der Waals surface area contributed by atoms with Crippen molar-refractivity contribution in [1.29, 1.82) is 0 Å². The number of carbonyl (C=O) groups is 2. The van der Waals surface area contributed by atoms with Crippen molar-refractivity contribution in [3.8, 4) is 0 Å². The monoisotopic (exact) mass is 294 g/mol. The summed E-state index contributed by atoms with van der Waals surface area (Å²) in [6.45, 7) is 0. The number of urea groups is 1. The highest BCUT2D eigenvalue weighted by molar-refractivity contribution is 6.36. The standard InChI is InChI=1S/C10H9Cl3N2O2/c11-4-3-9(16)15-10(17)14-8-2-1-6(12)5-7(8)13/h1-2,5H,3-4H2,(H2,14,15,16,17). The van der Waals surface area contributed by atoms with Crippen LogP contribution in [0.25, 0.3) is 0 Å². The molecule has 0 fully saturated rings. The zero-order valence-corrected chi connectivity index (χ0v) is 10.9. The Labute approximate surface area is 113 Å². The second kappa shape index (κ2) is 6.69. The van der Waals surface area contributed by atoms with Gasteiger partial charge in [0.25, 0.3) is 0 Å². The van der Waals surface area contributed by atoms with Crippen molar-refractivity contribution in [3.63, 3.8) is 0 Å². The van der Waals surface area contributed by atoms with Crippen LogP contribution in [0.15, 0.2) is 18.2 Å². The lowest BCUT2D eigenvalue weighted by atomic mass is 10.3. The van der Waals surface area contributed by atoms with E-state index in [4.69, 9.17) is 34.8 Å². The lowest BCUT2D eigenvalue weighted by molar-refractivity contribution is -0.119. The summed E-state index contributed by atoms with van der Waals surface area (Å²) in [5.41, 5.74) is 0.368. The third-order valence-electron chi connectivity index (χ3n) is 1.75. The topological polar surface area (TPSA) is 58.2 Å². The number of nitrogens with one attached hydrogen (secondary N) is 2. The molecule has 0 spiro atoms. The minimum atomic E-state index is -0.663. The number of hydrogen-bond acceptors (Lipinski definition) is 2. The van der Waals surface area contributed by atoms with Crippen molar-refractivity contribution in [2.45, 2.75) is 6.42 Å². The molecule has 0 aromatic heterocycles. The Hall–Kier alpha value is -0.970. The van der Waals surface area contributed by atoms with Gasteiger partial charge < -0.3 is 5.32 Å². The van der Waals surface area contributed by atoms with Gasteiger partial charge in [-0.1, -0.05) is 23.2 Å². The van der Waals surface area contributed by atoms with Crippen molar-refractivity contribution in [3.05, 3.63) is 28.2 Å². The first-order valence-corrected chi connectivity index (χ1v) is 5.94. The molecule has 0 radical (unpaired) electrons. The van der Waals surface area contributed by atoms with Crippen molar-refractivity contribution < 1.29 is 9.59 Å². The number of imide groups is 1. The summed E-state index contributed by atoms with van der Waals surface area (Å²) >= 11 is 16.9. The summed E-state index contributed by atoms with van der Waals surface area (Å²) in [7, 11) is 0.